The van der Waals surface area contributed by atoms with E-state index in [-0.39, 0.29) is 0 Å². The molecule has 0 aliphatic carbocycles. The second kappa shape index (κ2) is 3.46. The molecule has 0 radical (unpaired) electrons. The lowest BCUT2D eigenvalue weighted by Crippen LogP contribution is -2.11. The zero-order valence-electron chi connectivity index (χ0n) is 8.16. The molecule has 4 heteroatoms. The van der Waals surface area contributed by atoms with Crippen LogP contribution in [0.1, 0.15) is 22.8 Å². The Bertz CT molecular complexity index is 587. The van der Waals surface area contributed by atoms with Crippen LogP contribution in [0.4, 0.5) is 0 Å². The van der Waals surface area contributed by atoms with Crippen LogP contribution in [0, 0.1) is 11.8 Å². The van der Waals surface area contributed by atoms with Crippen LogP contribution in [0.3, 0.4) is 0 Å². The number of primary amides is 1. The summed E-state index contributed by atoms with van der Waals surface area (Å²) in [5.74, 6) is 5.18. The summed E-state index contributed by atoms with van der Waals surface area (Å²) >= 11 is 0. The Hall–Kier alpha value is -2.28. The maximum Gasteiger partial charge on any atom is 0.250 e. The Balaban J connectivity index is 2.78. The molecule has 15 heavy (non-hydrogen) atoms. The maximum absolute atomic E-state index is 11.2. The number of nitrogens with zero attached hydrogens (tertiary/aromatic N) is 1. The van der Waals surface area contributed by atoms with Crippen molar-refractivity contribution in [1.82, 2.24) is 10.2 Å². The summed E-state index contributed by atoms with van der Waals surface area (Å²) in [6, 6.07) is 3.53. The highest BCUT2D eigenvalue weighted by molar-refractivity contribution is 6.05. The highest BCUT2D eigenvalue weighted by Crippen LogP contribution is 2.17. The van der Waals surface area contributed by atoms with Crippen LogP contribution in [0.2, 0.25) is 0 Å². The first-order valence-corrected chi connectivity index (χ1v) is 4.42. The van der Waals surface area contributed by atoms with E-state index in [1.54, 1.807) is 19.2 Å². The van der Waals surface area contributed by atoms with Gasteiger partial charge in [-0.3, -0.25) is 9.89 Å². The van der Waals surface area contributed by atoms with E-state index in [0.29, 0.717) is 11.1 Å². The molecular formula is C11H9N3O. The predicted octanol–water partition coefficient (Wildman–Crippen LogP) is 1.03. The van der Waals surface area contributed by atoms with Gasteiger partial charge in [0.2, 0.25) is 0 Å². The molecule has 0 aliphatic rings. The molecular weight excluding hydrogens is 190 g/mol. The summed E-state index contributed by atoms with van der Waals surface area (Å²) in [4.78, 5) is 11.2. The van der Waals surface area contributed by atoms with E-state index in [0.717, 1.165) is 10.9 Å². The van der Waals surface area contributed by atoms with Gasteiger partial charge >= 0.3 is 0 Å². The Morgan fingerprint density at radius 1 is 1.53 bits per heavy atom. The van der Waals surface area contributed by atoms with Crippen LogP contribution in [0.15, 0.2) is 18.3 Å². The standard InChI is InChI=1S/C11H9N3O/c1-2-3-7-4-8-6-13-14-10(8)9(5-7)11(12)15/h4-6H,1H3,(H2,12,15)(H,13,14). The van der Waals surface area contributed by atoms with E-state index in [4.69, 9.17) is 5.73 Å². The van der Waals surface area contributed by atoms with E-state index >= 15 is 0 Å². The minimum absolute atomic E-state index is 0.419. The number of carbonyl (C=O) groups is 1. The minimum atomic E-state index is -0.482. The highest BCUT2D eigenvalue weighted by Gasteiger charge is 2.09. The van der Waals surface area contributed by atoms with Gasteiger partial charge in [-0.1, -0.05) is 5.92 Å². The SMILES string of the molecule is CC#Cc1cc(C(N)=O)c2[nH]ncc2c1. The van der Waals surface area contributed by atoms with Crippen molar-refractivity contribution in [3.63, 3.8) is 0 Å². The molecule has 1 aromatic carbocycles. The Labute approximate surface area is 86.5 Å². The van der Waals surface area contributed by atoms with Gasteiger partial charge in [0, 0.05) is 10.9 Å². The van der Waals surface area contributed by atoms with Crippen LogP contribution < -0.4 is 5.73 Å². The molecule has 3 N–H and O–H groups in total. The van der Waals surface area contributed by atoms with Gasteiger partial charge in [0.1, 0.15) is 0 Å². The summed E-state index contributed by atoms with van der Waals surface area (Å²) in [5.41, 5.74) is 7.11. The Morgan fingerprint density at radius 2 is 2.33 bits per heavy atom. The molecule has 2 rings (SSSR count). The van der Waals surface area contributed by atoms with Gasteiger partial charge < -0.3 is 5.73 Å². The van der Waals surface area contributed by atoms with Gasteiger partial charge in [-0.2, -0.15) is 5.10 Å². The molecule has 0 spiro atoms. The fourth-order valence-electron chi connectivity index (χ4n) is 1.47. The number of aromatic nitrogens is 2. The zero-order valence-corrected chi connectivity index (χ0v) is 8.16. The zero-order chi connectivity index (χ0) is 10.8. The van der Waals surface area contributed by atoms with E-state index < -0.39 is 5.91 Å². The van der Waals surface area contributed by atoms with Crippen molar-refractivity contribution in [2.24, 2.45) is 5.73 Å². The molecule has 74 valence electrons. The topological polar surface area (TPSA) is 71.8 Å². The molecule has 0 atom stereocenters. The lowest BCUT2D eigenvalue weighted by atomic mass is 10.1. The smallest absolute Gasteiger partial charge is 0.250 e. The van der Waals surface area contributed by atoms with E-state index in [1.165, 1.54) is 0 Å². The van der Waals surface area contributed by atoms with Gasteiger partial charge in [0.25, 0.3) is 5.91 Å². The van der Waals surface area contributed by atoms with Crippen LogP contribution in [0.25, 0.3) is 10.9 Å². The lowest BCUT2D eigenvalue weighted by Gasteiger charge is -1.99. The summed E-state index contributed by atoms with van der Waals surface area (Å²) in [7, 11) is 0. The molecule has 0 unspecified atom stereocenters. The highest BCUT2D eigenvalue weighted by atomic mass is 16.1. The van der Waals surface area contributed by atoms with E-state index in [9.17, 15) is 4.79 Å². The predicted molar refractivity (Wildman–Crippen MR) is 57.2 cm³/mol. The summed E-state index contributed by atoms with van der Waals surface area (Å²) in [5, 5.41) is 7.44. The quantitative estimate of drug-likeness (QED) is 0.673. The van der Waals surface area contributed by atoms with Crippen molar-refractivity contribution in [3.05, 3.63) is 29.5 Å². The van der Waals surface area contributed by atoms with Crippen molar-refractivity contribution in [1.29, 1.82) is 0 Å². The number of nitrogens with two attached hydrogens (primary N) is 1. The van der Waals surface area contributed by atoms with Gasteiger partial charge in [-0.05, 0) is 19.1 Å². The fourth-order valence-corrected chi connectivity index (χ4v) is 1.47. The third-order valence-corrected chi connectivity index (χ3v) is 2.08. The Kier molecular flexibility index (Phi) is 2.14. The van der Waals surface area contributed by atoms with E-state index in [2.05, 4.69) is 22.0 Å². The number of hydrogen-bond acceptors (Lipinski definition) is 2. The molecule has 0 bridgehead atoms. The van der Waals surface area contributed by atoms with Gasteiger partial charge in [0.05, 0.1) is 17.3 Å². The Morgan fingerprint density at radius 3 is 3.00 bits per heavy atom. The monoisotopic (exact) mass is 199 g/mol. The molecule has 2 aromatic rings. The van der Waals surface area contributed by atoms with Crippen LogP contribution in [-0.2, 0) is 0 Å². The molecule has 0 saturated carbocycles. The number of H-pyrrole nitrogens is 1. The molecule has 0 aliphatic heterocycles. The van der Waals surface area contributed by atoms with Crippen LogP contribution >= 0.6 is 0 Å². The normalized spacial score (nSPS) is 9.67. The average molecular weight is 199 g/mol. The number of nitrogens with one attached hydrogen (secondary N) is 1. The van der Waals surface area contributed by atoms with Crippen LogP contribution in [-0.4, -0.2) is 16.1 Å². The summed E-state index contributed by atoms with van der Waals surface area (Å²) in [6.45, 7) is 1.74. The molecule has 1 amide bonds. The maximum atomic E-state index is 11.2. The van der Waals surface area contributed by atoms with Crippen molar-refractivity contribution in [2.75, 3.05) is 0 Å². The average Bonchev–Trinajstić information content (AvgIpc) is 2.64. The molecule has 1 heterocycles. The summed E-state index contributed by atoms with van der Waals surface area (Å²) in [6.07, 6.45) is 1.64. The first-order valence-electron chi connectivity index (χ1n) is 4.42. The second-order valence-corrected chi connectivity index (χ2v) is 3.10. The molecule has 0 saturated heterocycles. The number of rotatable bonds is 1. The van der Waals surface area contributed by atoms with E-state index in [1.807, 2.05) is 6.07 Å². The minimum Gasteiger partial charge on any atom is -0.366 e. The number of benzene rings is 1. The largest absolute Gasteiger partial charge is 0.366 e. The third-order valence-electron chi connectivity index (χ3n) is 2.08. The number of amides is 1. The first-order chi connectivity index (χ1) is 7.22. The molecule has 0 fully saturated rings. The molecule has 4 nitrogen and oxygen atoms in total. The van der Waals surface area contributed by atoms with Gasteiger partial charge in [-0.15, -0.1) is 5.92 Å². The third kappa shape index (κ3) is 1.55. The van der Waals surface area contributed by atoms with Crippen LogP contribution in [0.5, 0.6) is 0 Å². The fraction of sp³-hybridized carbons (Fsp3) is 0.0909. The van der Waals surface area contributed by atoms with Crippen molar-refractivity contribution < 1.29 is 4.79 Å². The summed E-state index contributed by atoms with van der Waals surface area (Å²) < 4.78 is 0. The van der Waals surface area contributed by atoms with Crippen molar-refractivity contribution in [2.45, 2.75) is 6.92 Å². The number of fused-ring (bicyclic) bond motifs is 1. The second-order valence-electron chi connectivity index (χ2n) is 3.10. The van der Waals surface area contributed by atoms with Gasteiger partial charge in [-0.25, -0.2) is 0 Å². The van der Waals surface area contributed by atoms with Crippen molar-refractivity contribution in [3.8, 4) is 11.8 Å². The first kappa shape index (κ1) is 9.28. The lowest BCUT2D eigenvalue weighted by molar-refractivity contribution is 0.100. The number of hydrogen-bond donors (Lipinski definition) is 2. The molecule has 1 aromatic heterocycles. The van der Waals surface area contributed by atoms with Crippen molar-refractivity contribution >= 4 is 16.8 Å². The number of aromatic amines is 1. The number of carbonyl (C=O) groups excluding carboxylic acids is 1. The van der Waals surface area contributed by atoms with Gasteiger partial charge in [0.15, 0.2) is 0 Å².